The number of fused-ring (bicyclic) bond motifs is 3. The smallest absolute Gasteiger partial charge is 0.341 e. The third-order valence-corrected chi connectivity index (χ3v) is 5.70. The Morgan fingerprint density at radius 2 is 2.20 bits per heavy atom. The molecule has 0 amide bonds. The monoisotopic (exact) mass is 282 g/mol. The third-order valence-electron chi connectivity index (χ3n) is 5.70. The molecule has 0 aromatic rings. The van der Waals surface area contributed by atoms with Crippen molar-refractivity contribution >= 4 is 5.97 Å². The molecule has 3 rings (SSSR count). The summed E-state index contributed by atoms with van der Waals surface area (Å²) in [6.45, 7) is 5.45. The van der Waals surface area contributed by atoms with E-state index < -0.39 is 36.3 Å². The molecule has 112 valence electrons. The minimum absolute atomic E-state index is 0.00353. The third kappa shape index (κ3) is 1.70. The second kappa shape index (κ2) is 4.55. The average Bonchev–Trinajstić information content (AvgIpc) is 2.79. The molecule has 3 fully saturated rings. The van der Waals surface area contributed by atoms with Gasteiger partial charge in [0.25, 0.3) is 0 Å². The zero-order valence-electron chi connectivity index (χ0n) is 11.7. The SMILES string of the molecule is C=C1CC[C@@H]2[C@@H](OC(=O)[C@]2(O)CO)[C@H]2[C@H](C)[C@@H](O)C[C@@H]12. The minimum Gasteiger partial charge on any atom is -0.459 e. The summed E-state index contributed by atoms with van der Waals surface area (Å²) in [6.07, 6.45) is 1.06. The topological polar surface area (TPSA) is 87.0 Å². The van der Waals surface area contributed by atoms with Crippen molar-refractivity contribution in [2.24, 2.45) is 23.7 Å². The molecule has 0 bridgehead atoms. The van der Waals surface area contributed by atoms with Crippen molar-refractivity contribution < 1.29 is 24.9 Å². The van der Waals surface area contributed by atoms with Gasteiger partial charge in [-0.1, -0.05) is 19.1 Å². The number of rotatable bonds is 1. The maximum Gasteiger partial charge on any atom is 0.341 e. The Morgan fingerprint density at radius 3 is 2.85 bits per heavy atom. The van der Waals surface area contributed by atoms with Crippen LogP contribution in [0.25, 0.3) is 0 Å². The Balaban J connectivity index is 2.00. The molecule has 7 atom stereocenters. The number of aliphatic hydroxyl groups is 3. The van der Waals surface area contributed by atoms with Gasteiger partial charge in [0.1, 0.15) is 6.10 Å². The second-order valence-electron chi connectivity index (χ2n) is 6.60. The lowest BCUT2D eigenvalue weighted by molar-refractivity contribution is -0.160. The number of esters is 1. The molecule has 5 nitrogen and oxygen atoms in total. The molecule has 2 saturated carbocycles. The van der Waals surface area contributed by atoms with Crippen LogP contribution >= 0.6 is 0 Å². The van der Waals surface area contributed by atoms with E-state index in [1.165, 1.54) is 0 Å². The summed E-state index contributed by atoms with van der Waals surface area (Å²) >= 11 is 0. The summed E-state index contributed by atoms with van der Waals surface area (Å²) in [4.78, 5) is 11.9. The fourth-order valence-corrected chi connectivity index (χ4v) is 4.41. The van der Waals surface area contributed by atoms with Gasteiger partial charge in [-0.3, -0.25) is 0 Å². The largest absolute Gasteiger partial charge is 0.459 e. The fraction of sp³-hybridized carbons (Fsp3) is 0.800. The highest BCUT2D eigenvalue weighted by Crippen LogP contribution is 2.53. The molecule has 0 aromatic carbocycles. The Hall–Kier alpha value is -0.910. The summed E-state index contributed by atoms with van der Waals surface area (Å²) < 4.78 is 5.43. The van der Waals surface area contributed by atoms with E-state index in [1.54, 1.807) is 0 Å². The van der Waals surface area contributed by atoms with Crippen LogP contribution in [-0.2, 0) is 9.53 Å². The highest BCUT2D eigenvalue weighted by atomic mass is 16.6. The quantitative estimate of drug-likeness (QED) is 0.473. The molecule has 1 saturated heterocycles. The highest BCUT2D eigenvalue weighted by molar-refractivity contribution is 5.82. The number of hydrogen-bond donors (Lipinski definition) is 3. The van der Waals surface area contributed by atoms with Crippen LogP contribution in [0, 0.1) is 23.7 Å². The van der Waals surface area contributed by atoms with Crippen LogP contribution in [0.1, 0.15) is 26.2 Å². The van der Waals surface area contributed by atoms with Gasteiger partial charge in [-0.05, 0) is 31.1 Å². The second-order valence-corrected chi connectivity index (χ2v) is 6.60. The highest BCUT2D eigenvalue weighted by Gasteiger charge is 2.62. The zero-order chi connectivity index (χ0) is 14.7. The molecule has 5 heteroatoms. The summed E-state index contributed by atoms with van der Waals surface area (Å²) in [6, 6.07) is 0. The molecule has 1 aliphatic heterocycles. The van der Waals surface area contributed by atoms with E-state index >= 15 is 0 Å². The predicted molar refractivity (Wildman–Crippen MR) is 70.5 cm³/mol. The van der Waals surface area contributed by atoms with Gasteiger partial charge in [0.15, 0.2) is 5.60 Å². The molecular weight excluding hydrogens is 260 g/mol. The molecule has 0 aromatic heterocycles. The van der Waals surface area contributed by atoms with Crippen molar-refractivity contribution in [1.82, 2.24) is 0 Å². The van der Waals surface area contributed by atoms with Gasteiger partial charge in [0, 0.05) is 11.8 Å². The van der Waals surface area contributed by atoms with Crippen LogP contribution in [0.3, 0.4) is 0 Å². The van der Waals surface area contributed by atoms with Gasteiger partial charge < -0.3 is 20.1 Å². The van der Waals surface area contributed by atoms with Crippen LogP contribution in [0.5, 0.6) is 0 Å². The molecular formula is C15H22O5. The average molecular weight is 282 g/mol. The lowest BCUT2D eigenvalue weighted by atomic mass is 9.76. The van der Waals surface area contributed by atoms with E-state index in [4.69, 9.17) is 4.74 Å². The first-order valence-corrected chi connectivity index (χ1v) is 7.30. The number of hydrogen-bond acceptors (Lipinski definition) is 5. The van der Waals surface area contributed by atoms with E-state index in [0.717, 1.165) is 5.57 Å². The van der Waals surface area contributed by atoms with E-state index in [1.807, 2.05) is 6.92 Å². The number of allylic oxidation sites excluding steroid dienone is 1. The van der Waals surface area contributed by atoms with Crippen molar-refractivity contribution in [3.63, 3.8) is 0 Å². The Morgan fingerprint density at radius 1 is 1.50 bits per heavy atom. The number of ether oxygens (including phenoxy) is 1. The minimum atomic E-state index is -1.80. The van der Waals surface area contributed by atoms with Crippen molar-refractivity contribution in [2.75, 3.05) is 6.61 Å². The van der Waals surface area contributed by atoms with Crippen LogP contribution in [-0.4, -0.2) is 45.7 Å². The number of carbonyl (C=O) groups excluding carboxylic acids is 1. The summed E-state index contributed by atoms with van der Waals surface area (Å²) in [7, 11) is 0. The molecule has 1 heterocycles. The molecule has 20 heavy (non-hydrogen) atoms. The maximum absolute atomic E-state index is 11.9. The molecule has 0 spiro atoms. The summed E-state index contributed by atoms with van der Waals surface area (Å²) in [5.74, 6) is -1.04. The van der Waals surface area contributed by atoms with Crippen molar-refractivity contribution in [1.29, 1.82) is 0 Å². The van der Waals surface area contributed by atoms with Crippen molar-refractivity contribution in [3.8, 4) is 0 Å². The van der Waals surface area contributed by atoms with Crippen LogP contribution in [0.4, 0.5) is 0 Å². The van der Waals surface area contributed by atoms with Crippen LogP contribution < -0.4 is 0 Å². The van der Waals surface area contributed by atoms with Crippen molar-refractivity contribution in [3.05, 3.63) is 12.2 Å². The number of carbonyl (C=O) groups is 1. The molecule has 0 radical (unpaired) electrons. The van der Waals surface area contributed by atoms with Gasteiger partial charge in [-0.2, -0.15) is 0 Å². The van der Waals surface area contributed by atoms with E-state index in [2.05, 4.69) is 6.58 Å². The van der Waals surface area contributed by atoms with Crippen LogP contribution in [0.15, 0.2) is 12.2 Å². The Labute approximate surface area is 118 Å². The van der Waals surface area contributed by atoms with Crippen molar-refractivity contribution in [2.45, 2.75) is 44.0 Å². The van der Waals surface area contributed by atoms with E-state index in [-0.39, 0.29) is 17.8 Å². The van der Waals surface area contributed by atoms with Gasteiger partial charge in [0.05, 0.1) is 12.7 Å². The first kappa shape index (κ1) is 14.0. The van der Waals surface area contributed by atoms with Gasteiger partial charge in [-0.25, -0.2) is 4.79 Å². The van der Waals surface area contributed by atoms with E-state index in [0.29, 0.717) is 19.3 Å². The van der Waals surface area contributed by atoms with Crippen LogP contribution in [0.2, 0.25) is 0 Å². The lowest BCUT2D eigenvalue weighted by Crippen LogP contribution is -2.46. The summed E-state index contributed by atoms with van der Waals surface area (Å²) in [5.41, 5.74) is -0.739. The van der Waals surface area contributed by atoms with E-state index in [9.17, 15) is 20.1 Å². The van der Waals surface area contributed by atoms with Gasteiger partial charge in [0.2, 0.25) is 0 Å². The standard InChI is InChI=1S/C15H22O5/c1-7-3-4-10-13(20-14(18)15(10,19)6-16)12-8(2)11(17)5-9(7)12/h8-13,16-17,19H,1,3-6H2,2H3/t8-,9+,10-,11+,12+,13-,15+/m1/s1. The Bertz CT molecular complexity index is 448. The zero-order valence-corrected chi connectivity index (χ0v) is 11.7. The first-order valence-electron chi connectivity index (χ1n) is 7.30. The predicted octanol–water partition coefficient (Wildman–Crippen LogP) is 0.234. The molecule has 3 N–H and O–H groups in total. The molecule has 0 unspecified atom stereocenters. The fourth-order valence-electron chi connectivity index (χ4n) is 4.41. The first-order chi connectivity index (χ1) is 9.40. The summed E-state index contributed by atoms with van der Waals surface area (Å²) in [5, 5.41) is 30.0. The number of aliphatic hydroxyl groups excluding tert-OH is 2. The normalized spacial score (nSPS) is 51.4. The maximum atomic E-state index is 11.9. The lowest BCUT2D eigenvalue weighted by Gasteiger charge is -2.30. The molecule has 3 aliphatic rings. The molecule has 2 aliphatic carbocycles. The van der Waals surface area contributed by atoms with Gasteiger partial charge >= 0.3 is 5.97 Å². The Kier molecular flexibility index (Phi) is 3.19. The van der Waals surface area contributed by atoms with Gasteiger partial charge in [-0.15, -0.1) is 0 Å².